The highest BCUT2D eigenvalue weighted by Gasteiger charge is 2.22. The van der Waals surface area contributed by atoms with Crippen LogP contribution in [0.4, 0.5) is 0 Å². The molecule has 1 aliphatic rings. The van der Waals surface area contributed by atoms with Crippen molar-refractivity contribution in [1.82, 2.24) is 0 Å². The molecule has 0 unspecified atom stereocenters. The molecule has 0 atom stereocenters. The molecule has 1 fully saturated rings. The number of azo groups is 1. The number of hydrogen-bond acceptors (Lipinski definition) is 6. The monoisotopic (exact) mass is 270 g/mol. The Balaban J connectivity index is 2.42. The van der Waals surface area contributed by atoms with Crippen molar-refractivity contribution < 1.29 is 19.1 Å². The van der Waals surface area contributed by atoms with Gasteiger partial charge in [0.25, 0.3) is 0 Å². The van der Waals surface area contributed by atoms with Crippen LogP contribution in [-0.2, 0) is 19.1 Å². The van der Waals surface area contributed by atoms with Gasteiger partial charge in [-0.2, -0.15) is 10.2 Å². The van der Waals surface area contributed by atoms with Crippen molar-refractivity contribution >= 4 is 11.9 Å². The van der Waals surface area contributed by atoms with Crippen molar-refractivity contribution in [1.29, 1.82) is 0 Å². The summed E-state index contributed by atoms with van der Waals surface area (Å²) >= 11 is 0. The van der Waals surface area contributed by atoms with Gasteiger partial charge in [-0.3, -0.25) is 9.59 Å². The number of nitrogens with zero attached hydrogens (tertiary/aromatic N) is 2. The van der Waals surface area contributed by atoms with Gasteiger partial charge in [-0.05, 0) is 32.6 Å². The normalized spacial score (nSPS) is 14.9. The third-order valence-electron chi connectivity index (χ3n) is 2.70. The van der Waals surface area contributed by atoms with E-state index in [1.165, 1.54) is 12.8 Å². The van der Waals surface area contributed by atoms with Gasteiger partial charge in [-0.25, -0.2) is 0 Å². The zero-order valence-corrected chi connectivity index (χ0v) is 11.6. The Morgan fingerprint density at radius 3 is 2.05 bits per heavy atom. The molecule has 0 heterocycles. The lowest BCUT2D eigenvalue weighted by atomic mass is 10.1. The number of carbonyl (C=O) groups excluding carboxylic acids is 2. The van der Waals surface area contributed by atoms with Crippen molar-refractivity contribution in [2.75, 3.05) is 19.8 Å². The molecule has 0 bridgehead atoms. The second-order valence-corrected chi connectivity index (χ2v) is 4.55. The van der Waals surface area contributed by atoms with Gasteiger partial charge in [0.15, 0.2) is 0 Å². The first-order chi connectivity index (χ1) is 9.15. The van der Waals surface area contributed by atoms with Gasteiger partial charge in [-0.15, -0.1) is 0 Å². The van der Waals surface area contributed by atoms with Crippen LogP contribution in [-0.4, -0.2) is 37.7 Å². The Labute approximate surface area is 113 Å². The van der Waals surface area contributed by atoms with E-state index < -0.39 is 6.04 Å². The van der Waals surface area contributed by atoms with E-state index in [2.05, 4.69) is 10.2 Å². The summed E-state index contributed by atoms with van der Waals surface area (Å²) < 4.78 is 9.72. The lowest BCUT2D eigenvalue weighted by Crippen LogP contribution is -2.19. The Hall–Kier alpha value is -1.46. The van der Waals surface area contributed by atoms with Crippen LogP contribution in [0.25, 0.3) is 0 Å². The minimum atomic E-state index is -0.475. The van der Waals surface area contributed by atoms with E-state index in [9.17, 15) is 9.59 Å². The van der Waals surface area contributed by atoms with Crippen LogP contribution in [0.5, 0.6) is 0 Å². The van der Waals surface area contributed by atoms with Gasteiger partial charge in [0.1, 0.15) is 0 Å². The molecule has 0 amide bonds. The summed E-state index contributed by atoms with van der Waals surface area (Å²) in [6.45, 7) is 4.82. The Kier molecular flexibility index (Phi) is 7.07. The fourth-order valence-corrected chi connectivity index (χ4v) is 1.56. The smallest absolute Gasteiger partial charge is 0.308 e. The largest absolute Gasteiger partial charge is 0.466 e. The lowest BCUT2D eigenvalue weighted by molar-refractivity contribution is -0.145. The SMILES string of the molecule is CCOC(=O)CC(CC(=O)OCC)N=NCC1CC1. The summed E-state index contributed by atoms with van der Waals surface area (Å²) in [6.07, 6.45) is 2.53. The van der Waals surface area contributed by atoms with Crippen molar-refractivity contribution in [3.8, 4) is 0 Å². The van der Waals surface area contributed by atoms with Gasteiger partial charge in [0, 0.05) is 0 Å². The van der Waals surface area contributed by atoms with Gasteiger partial charge in [0.05, 0.1) is 38.6 Å². The molecule has 0 aliphatic heterocycles. The highest BCUT2D eigenvalue weighted by Crippen LogP contribution is 2.29. The summed E-state index contributed by atoms with van der Waals surface area (Å²) in [5.74, 6) is -0.0843. The van der Waals surface area contributed by atoms with Crippen LogP contribution in [0.15, 0.2) is 10.2 Å². The molecular weight excluding hydrogens is 248 g/mol. The first-order valence-corrected chi connectivity index (χ1v) is 6.83. The average Bonchev–Trinajstić information content (AvgIpc) is 3.13. The zero-order valence-electron chi connectivity index (χ0n) is 11.6. The van der Waals surface area contributed by atoms with Crippen molar-refractivity contribution in [3.63, 3.8) is 0 Å². The molecule has 0 N–H and O–H groups in total. The minimum absolute atomic E-state index is 0.0703. The lowest BCUT2D eigenvalue weighted by Gasteiger charge is -2.10. The second kappa shape index (κ2) is 8.61. The zero-order chi connectivity index (χ0) is 14.1. The van der Waals surface area contributed by atoms with Crippen LogP contribution in [0.2, 0.25) is 0 Å². The summed E-state index contributed by atoms with van der Waals surface area (Å²) in [6, 6.07) is -0.475. The summed E-state index contributed by atoms with van der Waals surface area (Å²) in [5.41, 5.74) is 0. The summed E-state index contributed by atoms with van der Waals surface area (Å²) in [4.78, 5) is 22.9. The van der Waals surface area contributed by atoms with E-state index >= 15 is 0 Å². The fourth-order valence-electron chi connectivity index (χ4n) is 1.56. The van der Waals surface area contributed by atoms with E-state index in [0.29, 0.717) is 25.7 Å². The first-order valence-electron chi connectivity index (χ1n) is 6.83. The minimum Gasteiger partial charge on any atom is -0.466 e. The van der Waals surface area contributed by atoms with Gasteiger partial charge >= 0.3 is 11.9 Å². The van der Waals surface area contributed by atoms with Crippen molar-refractivity contribution in [2.45, 2.75) is 45.6 Å². The van der Waals surface area contributed by atoms with Crippen LogP contribution < -0.4 is 0 Å². The third-order valence-corrected chi connectivity index (χ3v) is 2.70. The fraction of sp³-hybridized carbons (Fsp3) is 0.846. The second-order valence-electron chi connectivity index (χ2n) is 4.55. The molecule has 108 valence electrons. The number of ether oxygens (including phenoxy) is 2. The molecule has 0 aromatic heterocycles. The molecule has 19 heavy (non-hydrogen) atoms. The maximum atomic E-state index is 11.4. The molecule has 6 heteroatoms. The summed E-state index contributed by atoms with van der Waals surface area (Å²) in [7, 11) is 0. The van der Waals surface area contributed by atoms with Crippen LogP contribution in [0.3, 0.4) is 0 Å². The van der Waals surface area contributed by atoms with Crippen LogP contribution in [0, 0.1) is 5.92 Å². The van der Waals surface area contributed by atoms with Crippen LogP contribution >= 0.6 is 0 Å². The number of esters is 2. The van der Waals surface area contributed by atoms with Gasteiger partial charge in [-0.1, -0.05) is 0 Å². The molecule has 1 rings (SSSR count). The summed E-state index contributed by atoms with van der Waals surface area (Å²) in [5, 5.41) is 8.14. The number of hydrogen-bond donors (Lipinski definition) is 0. The molecule has 0 aromatic rings. The molecule has 6 nitrogen and oxygen atoms in total. The third kappa shape index (κ3) is 7.54. The Bertz CT molecular complexity index is 307. The van der Waals surface area contributed by atoms with Crippen molar-refractivity contribution in [2.24, 2.45) is 16.1 Å². The van der Waals surface area contributed by atoms with E-state index in [4.69, 9.17) is 9.47 Å². The van der Waals surface area contributed by atoms with E-state index in [0.717, 1.165) is 0 Å². The van der Waals surface area contributed by atoms with Crippen molar-refractivity contribution in [3.05, 3.63) is 0 Å². The van der Waals surface area contributed by atoms with E-state index in [-0.39, 0.29) is 24.8 Å². The topological polar surface area (TPSA) is 77.3 Å². The maximum Gasteiger partial charge on any atom is 0.308 e. The predicted octanol–water partition coefficient (Wildman–Crippen LogP) is 2.12. The van der Waals surface area contributed by atoms with Crippen LogP contribution in [0.1, 0.15) is 39.5 Å². The standard InChI is InChI=1S/C13H22N2O4/c1-3-18-12(16)7-11(8-13(17)19-4-2)15-14-9-10-5-6-10/h10-11H,3-9H2,1-2H3. The molecule has 0 radical (unpaired) electrons. The molecule has 0 aromatic carbocycles. The Morgan fingerprint density at radius 2 is 1.63 bits per heavy atom. The highest BCUT2D eigenvalue weighted by molar-refractivity contribution is 5.74. The molecule has 0 spiro atoms. The Morgan fingerprint density at radius 1 is 1.11 bits per heavy atom. The maximum absolute atomic E-state index is 11.4. The predicted molar refractivity (Wildman–Crippen MR) is 68.7 cm³/mol. The first kappa shape index (κ1) is 15.6. The molecule has 1 aliphatic carbocycles. The quantitative estimate of drug-likeness (QED) is 0.475. The van der Waals surface area contributed by atoms with E-state index in [1.54, 1.807) is 13.8 Å². The average molecular weight is 270 g/mol. The number of carbonyl (C=O) groups is 2. The van der Waals surface area contributed by atoms with Gasteiger partial charge < -0.3 is 9.47 Å². The number of rotatable bonds is 9. The van der Waals surface area contributed by atoms with E-state index in [1.807, 2.05) is 0 Å². The molecule has 0 saturated heterocycles. The molecule has 1 saturated carbocycles. The highest BCUT2D eigenvalue weighted by atomic mass is 16.5. The molecular formula is C13H22N2O4. The van der Waals surface area contributed by atoms with Gasteiger partial charge in [0.2, 0.25) is 0 Å².